The topological polar surface area (TPSA) is 44.8 Å². The van der Waals surface area contributed by atoms with Gasteiger partial charge < -0.3 is 18.7 Å². The first-order chi connectivity index (χ1) is 16.7. The lowest BCUT2D eigenvalue weighted by atomic mass is 9.83. The summed E-state index contributed by atoms with van der Waals surface area (Å²) in [5.74, 6) is 1.87. The molecule has 2 bridgehead atoms. The van der Waals surface area contributed by atoms with Crippen LogP contribution >= 0.6 is 0 Å². The van der Waals surface area contributed by atoms with Gasteiger partial charge in [0.1, 0.15) is 18.0 Å². The maximum absolute atomic E-state index is 12.8. The van der Waals surface area contributed by atoms with Crippen LogP contribution in [-0.4, -0.2) is 49.5 Å². The van der Waals surface area contributed by atoms with Gasteiger partial charge in [0.2, 0.25) is 0 Å². The SMILES string of the molecule is O=C(Oc1ccccc1-c1ccccc1)O[C@H]1C[N+]2(CCCOc3ccccc3)CCC1CC2. The third-order valence-corrected chi connectivity index (χ3v) is 7.24. The highest BCUT2D eigenvalue weighted by Crippen LogP contribution is 2.36. The Morgan fingerprint density at radius 3 is 2.29 bits per heavy atom. The number of carbonyl (C=O) groups is 1. The van der Waals surface area contributed by atoms with Gasteiger partial charge in [-0.25, -0.2) is 4.79 Å². The van der Waals surface area contributed by atoms with E-state index in [0.717, 1.165) is 66.8 Å². The molecule has 34 heavy (non-hydrogen) atoms. The van der Waals surface area contributed by atoms with E-state index in [1.54, 1.807) is 0 Å². The molecule has 0 N–H and O–H groups in total. The molecular formula is C29H32NO4+. The first-order valence-electron chi connectivity index (χ1n) is 12.3. The van der Waals surface area contributed by atoms with E-state index in [-0.39, 0.29) is 6.10 Å². The van der Waals surface area contributed by atoms with Gasteiger partial charge in [0.15, 0.2) is 6.10 Å². The Labute approximate surface area is 201 Å². The van der Waals surface area contributed by atoms with Crippen molar-refractivity contribution in [3.63, 3.8) is 0 Å². The number of hydrogen-bond donors (Lipinski definition) is 0. The summed E-state index contributed by atoms with van der Waals surface area (Å²) in [6, 6.07) is 27.5. The summed E-state index contributed by atoms with van der Waals surface area (Å²) < 4.78 is 18.5. The highest BCUT2D eigenvalue weighted by molar-refractivity contribution is 5.74. The van der Waals surface area contributed by atoms with E-state index < -0.39 is 6.16 Å². The fraction of sp³-hybridized carbons (Fsp3) is 0.345. The standard InChI is InChI=1S/C29H32NO4/c31-29(33-27-15-8-7-14-26(27)23-10-3-1-4-11-23)34-28-22-30(19-16-24(28)17-20-30)18-9-21-32-25-12-5-2-6-13-25/h1-8,10-15,24,28H,9,16-22H2/q+1/t24?,28-,30?/m0/s1. The zero-order valence-corrected chi connectivity index (χ0v) is 19.5. The molecule has 3 saturated heterocycles. The molecule has 0 unspecified atom stereocenters. The second-order valence-corrected chi connectivity index (χ2v) is 9.42. The second kappa shape index (κ2) is 10.3. The van der Waals surface area contributed by atoms with Gasteiger partial charge in [-0.1, -0.05) is 66.7 Å². The maximum Gasteiger partial charge on any atom is 0.514 e. The van der Waals surface area contributed by atoms with E-state index in [1.165, 1.54) is 0 Å². The third-order valence-electron chi connectivity index (χ3n) is 7.24. The number of hydrogen-bond acceptors (Lipinski definition) is 4. The molecule has 5 nitrogen and oxygen atoms in total. The van der Waals surface area contributed by atoms with Crippen molar-refractivity contribution in [1.82, 2.24) is 0 Å². The van der Waals surface area contributed by atoms with Gasteiger partial charge in [-0.15, -0.1) is 0 Å². The van der Waals surface area contributed by atoms with E-state index >= 15 is 0 Å². The molecule has 0 aromatic heterocycles. The number of benzene rings is 3. The van der Waals surface area contributed by atoms with Crippen molar-refractivity contribution in [1.29, 1.82) is 0 Å². The van der Waals surface area contributed by atoms with E-state index in [0.29, 0.717) is 18.3 Å². The van der Waals surface area contributed by atoms with Crippen molar-refractivity contribution in [2.24, 2.45) is 5.92 Å². The monoisotopic (exact) mass is 458 g/mol. The highest BCUT2D eigenvalue weighted by atomic mass is 16.7. The number of rotatable bonds is 8. The lowest BCUT2D eigenvalue weighted by Gasteiger charge is -2.51. The summed E-state index contributed by atoms with van der Waals surface area (Å²) in [7, 11) is 0. The van der Waals surface area contributed by atoms with Gasteiger partial charge in [0.05, 0.1) is 26.2 Å². The van der Waals surface area contributed by atoms with Crippen molar-refractivity contribution >= 4 is 6.16 Å². The number of nitrogens with zero attached hydrogens (tertiary/aromatic N) is 1. The Balaban J connectivity index is 1.17. The third kappa shape index (κ3) is 5.26. The van der Waals surface area contributed by atoms with Crippen LogP contribution in [0.1, 0.15) is 19.3 Å². The van der Waals surface area contributed by atoms with Gasteiger partial charge >= 0.3 is 6.16 Å². The molecular weight excluding hydrogens is 426 g/mol. The molecule has 3 aromatic rings. The molecule has 176 valence electrons. The number of carbonyl (C=O) groups excluding carboxylic acids is 1. The van der Waals surface area contributed by atoms with Crippen molar-refractivity contribution in [2.45, 2.75) is 25.4 Å². The molecule has 0 aliphatic carbocycles. The van der Waals surface area contributed by atoms with Crippen LogP contribution in [0, 0.1) is 5.92 Å². The van der Waals surface area contributed by atoms with Crippen molar-refractivity contribution in [3.05, 3.63) is 84.9 Å². The Hall–Kier alpha value is -3.31. The molecule has 3 fully saturated rings. The molecule has 5 heteroatoms. The fourth-order valence-corrected chi connectivity index (χ4v) is 5.43. The Bertz CT molecular complexity index is 1080. The molecule has 0 spiro atoms. The lowest BCUT2D eigenvalue weighted by molar-refractivity contribution is -0.946. The van der Waals surface area contributed by atoms with Gasteiger partial charge in [-0.3, -0.25) is 0 Å². The van der Waals surface area contributed by atoms with Crippen LogP contribution < -0.4 is 9.47 Å². The largest absolute Gasteiger partial charge is 0.514 e. The summed E-state index contributed by atoms with van der Waals surface area (Å²) >= 11 is 0. The maximum atomic E-state index is 12.8. The highest BCUT2D eigenvalue weighted by Gasteiger charge is 2.47. The van der Waals surface area contributed by atoms with Crippen LogP contribution in [0.4, 0.5) is 4.79 Å². The van der Waals surface area contributed by atoms with Crippen LogP contribution in [0.2, 0.25) is 0 Å². The predicted molar refractivity (Wildman–Crippen MR) is 132 cm³/mol. The van der Waals surface area contributed by atoms with Crippen LogP contribution in [-0.2, 0) is 4.74 Å². The molecule has 3 heterocycles. The van der Waals surface area contributed by atoms with Gasteiger partial charge in [0.25, 0.3) is 0 Å². The van der Waals surface area contributed by atoms with Crippen LogP contribution in [0.5, 0.6) is 11.5 Å². The second-order valence-electron chi connectivity index (χ2n) is 9.42. The smallest absolute Gasteiger partial charge is 0.493 e. The number of fused-ring (bicyclic) bond motifs is 3. The Morgan fingerprint density at radius 2 is 1.53 bits per heavy atom. The zero-order valence-electron chi connectivity index (χ0n) is 19.5. The molecule has 0 amide bonds. The van der Waals surface area contributed by atoms with Crippen LogP contribution in [0.15, 0.2) is 84.9 Å². The number of ether oxygens (including phenoxy) is 3. The minimum atomic E-state index is -0.604. The first-order valence-corrected chi connectivity index (χ1v) is 12.3. The molecule has 6 rings (SSSR count). The van der Waals surface area contributed by atoms with Gasteiger partial charge in [0, 0.05) is 30.7 Å². The Kier molecular flexibility index (Phi) is 6.82. The van der Waals surface area contributed by atoms with Crippen molar-refractivity contribution < 1.29 is 23.5 Å². The summed E-state index contributed by atoms with van der Waals surface area (Å²) in [6.45, 7) is 4.93. The average Bonchev–Trinajstić information content (AvgIpc) is 2.89. The number of piperidine rings is 3. The minimum Gasteiger partial charge on any atom is -0.493 e. The summed E-state index contributed by atoms with van der Waals surface area (Å²) in [6.07, 6.45) is 2.48. The summed E-state index contributed by atoms with van der Waals surface area (Å²) in [4.78, 5) is 12.8. The van der Waals surface area contributed by atoms with Gasteiger partial charge in [-0.05, 0) is 23.8 Å². The van der Waals surface area contributed by atoms with Gasteiger partial charge in [-0.2, -0.15) is 0 Å². The molecule has 3 aromatic carbocycles. The molecule has 3 aliphatic heterocycles. The summed E-state index contributed by atoms with van der Waals surface area (Å²) in [5, 5.41) is 0. The average molecular weight is 459 g/mol. The predicted octanol–water partition coefficient (Wildman–Crippen LogP) is 5.95. The van der Waals surface area contributed by atoms with Crippen LogP contribution in [0.3, 0.4) is 0 Å². The fourth-order valence-electron chi connectivity index (χ4n) is 5.43. The van der Waals surface area contributed by atoms with Crippen LogP contribution in [0.25, 0.3) is 11.1 Å². The molecule has 0 radical (unpaired) electrons. The molecule has 3 aliphatic rings. The van der Waals surface area contributed by atoms with E-state index in [4.69, 9.17) is 14.2 Å². The zero-order chi connectivity index (χ0) is 23.2. The van der Waals surface area contributed by atoms with E-state index in [9.17, 15) is 4.79 Å². The van der Waals surface area contributed by atoms with E-state index in [1.807, 2.05) is 84.9 Å². The number of para-hydroxylation sites is 2. The van der Waals surface area contributed by atoms with E-state index in [2.05, 4.69) is 0 Å². The molecule has 1 atom stereocenters. The summed E-state index contributed by atoms with van der Waals surface area (Å²) in [5.41, 5.74) is 1.90. The normalized spacial score (nSPS) is 23.3. The minimum absolute atomic E-state index is 0.0890. The lowest BCUT2D eigenvalue weighted by Crippen LogP contribution is -2.64. The Morgan fingerprint density at radius 1 is 0.853 bits per heavy atom. The molecule has 0 saturated carbocycles. The first kappa shape index (κ1) is 22.5. The van der Waals surface area contributed by atoms with Crippen molar-refractivity contribution in [2.75, 3.05) is 32.8 Å². The number of quaternary nitrogens is 1. The quantitative estimate of drug-likeness (QED) is 0.181. The van der Waals surface area contributed by atoms with Crippen molar-refractivity contribution in [3.8, 4) is 22.6 Å².